The van der Waals surface area contributed by atoms with Crippen molar-refractivity contribution in [3.8, 4) is 0 Å². The van der Waals surface area contributed by atoms with Crippen LogP contribution in [0.2, 0.25) is 0 Å². The molecule has 0 spiro atoms. The number of ether oxygens (including phenoxy) is 1. The van der Waals surface area contributed by atoms with Crippen molar-refractivity contribution in [3.05, 3.63) is 16.1 Å². The summed E-state index contributed by atoms with van der Waals surface area (Å²) in [6.45, 7) is 7.21. The van der Waals surface area contributed by atoms with Crippen molar-refractivity contribution in [1.29, 1.82) is 0 Å². The first-order valence-electron chi connectivity index (χ1n) is 6.37. The number of hydrogen-bond donors (Lipinski definition) is 2. The van der Waals surface area contributed by atoms with Crippen LogP contribution in [0.5, 0.6) is 0 Å². The lowest BCUT2D eigenvalue weighted by Crippen LogP contribution is -2.36. The summed E-state index contributed by atoms with van der Waals surface area (Å²) in [4.78, 5) is 27.0. The lowest BCUT2D eigenvalue weighted by atomic mass is 10.1. The summed E-state index contributed by atoms with van der Waals surface area (Å²) >= 11 is 1.45. The third-order valence-corrected chi connectivity index (χ3v) is 3.31. The molecule has 0 saturated carbocycles. The van der Waals surface area contributed by atoms with Gasteiger partial charge in [0.2, 0.25) is 0 Å². The third kappa shape index (κ3) is 5.56. The average molecular weight is 300 g/mol. The fraction of sp³-hybridized carbons (Fsp3) is 0.615. The second kappa shape index (κ2) is 6.69. The van der Waals surface area contributed by atoms with E-state index in [1.54, 1.807) is 26.2 Å². The minimum absolute atomic E-state index is 0.230. The average Bonchev–Trinajstić information content (AvgIpc) is 2.73. The number of carbonyl (C=O) groups is 2. The third-order valence-electron chi connectivity index (χ3n) is 2.30. The standard InChI is InChI=1S/C13H20N2O4S/c1-5-10-14-9(7-20-10)8(6-11(16)17)15-12(18)19-13(2,3)4/h7-8H,5-6H2,1-4H3,(H,15,18)(H,16,17)/t8-/m0/s1. The summed E-state index contributed by atoms with van der Waals surface area (Å²) in [7, 11) is 0. The highest BCUT2D eigenvalue weighted by Gasteiger charge is 2.24. The highest BCUT2D eigenvalue weighted by molar-refractivity contribution is 7.09. The van der Waals surface area contributed by atoms with Gasteiger partial charge in [0.05, 0.1) is 23.2 Å². The zero-order valence-corrected chi connectivity index (χ0v) is 12.9. The minimum atomic E-state index is -1.00. The van der Waals surface area contributed by atoms with E-state index in [1.807, 2.05) is 6.92 Å². The molecule has 0 radical (unpaired) electrons. The lowest BCUT2D eigenvalue weighted by Gasteiger charge is -2.22. The van der Waals surface area contributed by atoms with E-state index in [0.717, 1.165) is 11.4 Å². The summed E-state index contributed by atoms with van der Waals surface area (Å²) in [5.74, 6) is -1.00. The number of carboxylic acids is 1. The van der Waals surface area contributed by atoms with Crippen LogP contribution in [0.4, 0.5) is 4.79 Å². The molecular formula is C13H20N2O4S. The first-order chi connectivity index (χ1) is 9.21. The van der Waals surface area contributed by atoms with Gasteiger partial charge in [0.1, 0.15) is 5.60 Å². The molecule has 0 fully saturated rings. The largest absolute Gasteiger partial charge is 0.481 e. The van der Waals surface area contributed by atoms with E-state index in [2.05, 4.69) is 10.3 Å². The zero-order valence-electron chi connectivity index (χ0n) is 12.1. The van der Waals surface area contributed by atoms with E-state index in [1.165, 1.54) is 11.3 Å². The molecular weight excluding hydrogens is 280 g/mol. The molecule has 112 valence electrons. The van der Waals surface area contributed by atoms with E-state index in [9.17, 15) is 9.59 Å². The molecule has 0 aliphatic carbocycles. The van der Waals surface area contributed by atoms with E-state index in [-0.39, 0.29) is 6.42 Å². The van der Waals surface area contributed by atoms with Crippen molar-refractivity contribution >= 4 is 23.4 Å². The molecule has 0 unspecified atom stereocenters. The number of aryl methyl sites for hydroxylation is 1. The quantitative estimate of drug-likeness (QED) is 0.873. The van der Waals surface area contributed by atoms with Gasteiger partial charge in [0.15, 0.2) is 0 Å². The number of thiazole rings is 1. The Balaban J connectivity index is 2.79. The Hall–Kier alpha value is -1.63. The Morgan fingerprint density at radius 1 is 1.50 bits per heavy atom. The smallest absolute Gasteiger partial charge is 0.408 e. The normalized spacial score (nSPS) is 12.8. The van der Waals surface area contributed by atoms with Crippen LogP contribution in [0.25, 0.3) is 0 Å². The number of aromatic nitrogens is 1. The molecule has 0 aliphatic heterocycles. The number of carboxylic acid groups (broad SMARTS) is 1. The van der Waals surface area contributed by atoms with Crippen LogP contribution in [0.3, 0.4) is 0 Å². The van der Waals surface area contributed by atoms with Crippen LogP contribution in [-0.2, 0) is 16.0 Å². The molecule has 0 aromatic carbocycles. The topological polar surface area (TPSA) is 88.5 Å². The van der Waals surface area contributed by atoms with Gasteiger partial charge in [-0.25, -0.2) is 9.78 Å². The number of amides is 1. The van der Waals surface area contributed by atoms with Crippen LogP contribution in [0.15, 0.2) is 5.38 Å². The number of aliphatic carboxylic acids is 1. The first kappa shape index (κ1) is 16.4. The Labute approximate surface area is 122 Å². The molecule has 6 nitrogen and oxygen atoms in total. The molecule has 1 aromatic heterocycles. The molecule has 0 saturated heterocycles. The molecule has 7 heteroatoms. The fourth-order valence-electron chi connectivity index (χ4n) is 1.50. The Bertz CT molecular complexity index is 479. The fourth-order valence-corrected chi connectivity index (χ4v) is 2.30. The molecule has 20 heavy (non-hydrogen) atoms. The van der Waals surface area contributed by atoms with E-state index < -0.39 is 23.7 Å². The first-order valence-corrected chi connectivity index (χ1v) is 7.25. The van der Waals surface area contributed by atoms with Crippen LogP contribution in [-0.4, -0.2) is 27.8 Å². The van der Waals surface area contributed by atoms with Gasteiger partial charge in [-0.15, -0.1) is 11.3 Å². The number of carbonyl (C=O) groups excluding carboxylic acids is 1. The van der Waals surface area contributed by atoms with Gasteiger partial charge in [-0.2, -0.15) is 0 Å². The highest BCUT2D eigenvalue weighted by atomic mass is 32.1. The number of hydrogen-bond acceptors (Lipinski definition) is 5. The summed E-state index contributed by atoms with van der Waals surface area (Å²) in [5, 5.41) is 14.2. The molecule has 1 heterocycles. The second-order valence-corrected chi connectivity index (χ2v) is 6.26. The van der Waals surface area contributed by atoms with Crippen LogP contribution in [0, 0.1) is 0 Å². The molecule has 1 atom stereocenters. The molecule has 0 aliphatic rings. The predicted octanol–water partition coefficient (Wildman–Crippen LogP) is 2.75. The number of rotatable bonds is 5. The van der Waals surface area contributed by atoms with E-state index in [0.29, 0.717) is 5.69 Å². The summed E-state index contributed by atoms with van der Waals surface area (Å²) in [6.07, 6.45) is -0.0990. The molecule has 1 aromatic rings. The van der Waals surface area contributed by atoms with Gasteiger partial charge in [0.25, 0.3) is 0 Å². The Morgan fingerprint density at radius 2 is 2.15 bits per heavy atom. The maximum absolute atomic E-state index is 11.7. The molecule has 2 N–H and O–H groups in total. The van der Waals surface area contributed by atoms with Crippen molar-refractivity contribution < 1.29 is 19.4 Å². The molecule has 0 bridgehead atoms. The van der Waals surface area contributed by atoms with Crippen molar-refractivity contribution in [2.45, 2.75) is 52.2 Å². The summed E-state index contributed by atoms with van der Waals surface area (Å²) in [5.41, 5.74) is -0.0748. The van der Waals surface area contributed by atoms with Gasteiger partial charge < -0.3 is 15.2 Å². The van der Waals surface area contributed by atoms with Crippen molar-refractivity contribution in [3.63, 3.8) is 0 Å². The monoisotopic (exact) mass is 300 g/mol. The number of nitrogens with one attached hydrogen (secondary N) is 1. The Kier molecular flexibility index (Phi) is 5.50. The van der Waals surface area contributed by atoms with E-state index >= 15 is 0 Å². The van der Waals surface area contributed by atoms with Crippen molar-refractivity contribution in [2.24, 2.45) is 0 Å². The maximum atomic E-state index is 11.7. The minimum Gasteiger partial charge on any atom is -0.481 e. The Morgan fingerprint density at radius 3 is 2.60 bits per heavy atom. The second-order valence-electron chi connectivity index (χ2n) is 5.32. The van der Waals surface area contributed by atoms with Gasteiger partial charge in [0, 0.05) is 5.38 Å². The van der Waals surface area contributed by atoms with Crippen molar-refractivity contribution in [1.82, 2.24) is 10.3 Å². The summed E-state index contributed by atoms with van der Waals surface area (Å²) < 4.78 is 5.14. The zero-order chi connectivity index (χ0) is 15.3. The molecule has 1 rings (SSSR count). The number of nitrogens with zero attached hydrogens (tertiary/aromatic N) is 1. The van der Waals surface area contributed by atoms with E-state index in [4.69, 9.17) is 9.84 Å². The van der Waals surface area contributed by atoms with Crippen LogP contribution in [0.1, 0.15) is 50.9 Å². The van der Waals surface area contributed by atoms with Crippen LogP contribution >= 0.6 is 11.3 Å². The number of alkyl carbamates (subject to hydrolysis) is 1. The molecule has 1 amide bonds. The lowest BCUT2D eigenvalue weighted by molar-refractivity contribution is -0.137. The highest BCUT2D eigenvalue weighted by Crippen LogP contribution is 2.21. The SMILES string of the molecule is CCc1nc([C@H](CC(=O)O)NC(=O)OC(C)(C)C)cs1. The maximum Gasteiger partial charge on any atom is 0.408 e. The summed E-state index contributed by atoms with van der Waals surface area (Å²) in [6, 6.07) is -0.682. The van der Waals surface area contributed by atoms with Crippen molar-refractivity contribution in [2.75, 3.05) is 0 Å². The predicted molar refractivity (Wildman–Crippen MR) is 75.9 cm³/mol. The van der Waals surface area contributed by atoms with Gasteiger partial charge in [-0.3, -0.25) is 4.79 Å². The van der Waals surface area contributed by atoms with Crippen LogP contribution < -0.4 is 5.32 Å². The van der Waals surface area contributed by atoms with Gasteiger partial charge >= 0.3 is 12.1 Å². The van der Waals surface area contributed by atoms with Gasteiger partial charge in [-0.05, 0) is 27.2 Å². The van der Waals surface area contributed by atoms with Gasteiger partial charge in [-0.1, -0.05) is 6.92 Å².